The molecule has 0 aliphatic rings. The molecule has 1 aromatic rings. The van der Waals surface area contributed by atoms with E-state index in [1.165, 1.54) is 5.56 Å². The Morgan fingerprint density at radius 3 is 2.38 bits per heavy atom. The van der Waals surface area contributed by atoms with Gasteiger partial charge in [0.15, 0.2) is 0 Å². The minimum atomic E-state index is 0.694. The Morgan fingerprint density at radius 2 is 1.69 bits per heavy atom. The lowest BCUT2D eigenvalue weighted by atomic mass is 10.2. The summed E-state index contributed by atoms with van der Waals surface area (Å²) >= 11 is 0. The molecule has 0 aliphatic heterocycles. The van der Waals surface area contributed by atoms with E-state index in [0.29, 0.717) is 13.2 Å². The largest absolute Gasteiger partial charge is 0.494 e. The summed E-state index contributed by atoms with van der Waals surface area (Å²) in [5.74, 6) is 0.924. The zero-order valence-corrected chi connectivity index (χ0v) is 9.95. The zero-order chi connectivity index (χ0) is 11.6. The van der Waals surface area contributed by atoms with E-state index in [2.05, 4.69) is 6.92 Å². The molecule has 0 fully saturated rings. The molecule has 0 saturated carbocycles. The van der Waals surface area contributed by atoms with E-state index in [0.717, 1.165) is 31.8 Å². The van der Waals surface area contributed by atoms with Gasteiger partial charge in [0.05, 0.1) is 6.61 Å². The monoisotopic (exact) mass is 223 g/mol. The van der Waals surface area contributed by atoms with Crippen LogP contribution in [0, 0.1) is 6.92 Å². The molecular weight excluding hydrogens is 202 g/mol. The molecule has 90 valence electrons. The number of aryl methyl sites for hydroxylation is 1. The van der Waals surface area contributed by atoms with Crippen LogP contribution in [0.2, 0.25) is 0 Å². The van der Waals surface area contributed by atoms with E-state index in [9.17, 15) is 0 Å². The van der Waals surface area contributed by atoms with Crippen LogP contribution in [0.3, 0.4) is 0 Å². The fourth-order valence-electron chi connectivity index (χ4n) is 1.27. The fourth-order valence-corrected chi connectivity index (χ4v) is 1.27. The normalized spacial score (nSPS) is 10.4. The SMILES string of the molecule is Cc1ccc(OCCCOCCCN)cc1. The predicted octanol–water partition coefficient (Wildman–Crippen LogP) is 2.13. The summed E-state index contributed by atoms with van der Waals surface area (Å²) in [6, 6.07) is 8.08. The van der Waals surface area contributed by atoms with Crippen LogP contribution in [-0.4, -0.2) is 26.4 Å². The molecule has 1 aromatic carbocycles. The molecule has 1 rings (SSSR count). The van der Waals surface area contributed by atoms with Crippen molar-refractivity contribution in [3.8, 4) is 5.75 Å². The number of benzene rings is 1. The summed E-state index contributed by atoms with van der Waals surface area (Å²) in [5.41, 5.74) is 6.60. The highest BCUT2D eigenvalue weighted by atomic mass is 16.5. The summed E-state index contributed by atoms with van der Waals surface area (Å²) in [7, 11) is 0. The molecule has 0 radical (unpaired) electrons. The van der Waals surface area contributed by atoms with E-state index in [1.54, 1.807) is 0 Å². The van der Waals surface area contributed by atoms with Crippen LogP contribution in [0.4, 0.5) is 0 Å². The number of hydrogen-bond donors (Lipinski definition) is 1. The standard InChI is InChI=1S/C13H21NO2/c1-12-4-6-13(7-5-12)16-11-3-10-15-9-2-8-14/h4-7H,2-3,8-11,14H2,1H3. The van der Waals surface area contributed by atoms with Crippen molar-refractivity contribution >= 4 is 0 Å². The Labute approximate surface area is 97.6 Å². The smallest absolute Gasteiger partial charge is 0.119 e. The summed E-state index contributed by atoms with van der Waals surface area (Å²) in [4.78, 5) is 0. The second kappa shape index (κ2) is 8.13. The van der Waals surface area contributed by atoms with Crippen molar-refractivity contribution in [2.75, 3.05) is 26.4 Å². The van der Waals surface area contributed by atoms with Crippen LogP contribution in [0.25, 0.3) is 0 Å². The minimum Gasteiger partial charge on any atom is -0.494 e. The first-order chi connectivity index (χ1) is 7.83. The summed E-state index contributed by atoms with van der Waals surface area (Å²) in [6.45, 7) is 4.95. The number of ether oxygens (including phenoxy) is 2. The molecule has 0 aliphatic carbocycles. The summed E-state index contributed by atoms with van der Waals surface area (Å²) < 4.78 is 10.9. The third kappa shape index (κ3) is 5.73. The highest BCUT2D eigenvalue weighted by Crippen LogP contribution is 2.11. The Balaban J connectivity index is 2.01. The molecule has 0 saturated heterocycles. The molecule has 2 N–H and O–H groups in total. The van der Waals surface area contributed by atoms with Crippen molar-refractivity contribution in [3.63, 3.8) is 0 Å². The van der Waals surface area contributed by atoms with Crippen LogP contribution < -0.4 is 10.5 Å². The van der Waals surface area contributed by atoms with E-state index in [4.69, 9.17) is 15.2 Å². The lowest BCUT2D eigenvalue weighted by Gasteiger charge is -2.06. The average molecular weight is 223 g/mol. The second-order valence-electron chi connectivity index (χ2n) is 3.77. The van der Waals surface area contributed by atoms with Crippen LogP contribution in [0.1, 0.15) is 18.4 Å². The third-order valence-corrected chi connectivity index (χ3v) is 2.22. The minimum absolute atomic E-state index is 0.694. The molecule has 0 spiro atoms. The van der Waals surface area contributed by atoms with Crippen LogP contribution in [0.15, 0.2) is 24.3 Å². The van der Waals surface area contributed by atoms with Crippen molar-refractivity contribution < 1.29 is 9.47 Å². The first kappa shape index (κ1) is 13.0. The molecule has 0 atom stereocenters. The van der Waals surface area contributed by atoms with E-state index in [1.807, 2.05) is 24.3 Å². The van der Waals surface area contributed by atoms with Gasteiger partial charge in [-0.2, -0.15) is 0 Å². The number of rotatable bonds is 8. The summed E-state index contributed by atoms with van der Waals surface area (Å²) in [6.07, 6.45) is 1.84. The maximum atomic E-state index is 5.56. The molecule has 3 nitrogen and oxygen atoms in total. The first-order valence-corrected chi connectivity index (χ1v) is 5.80. The van der Waals surface area contributed by atoms with Crippen LogP contribution in [-0.2, 0) is 4.74 Å². The molecule has 0 bridgehead atoms. The van der Waals surface area contributed by atoms with E-state index in [-0.39, 0.29) is 0 Å². The Morgan fingerprint density at radius 1 is 1.00 bits per heavy atom. The first-order valence-electron chi connectivity index (χ1n) is 5.80. The van der Waals surface area contributed by atoms with Gasteiger partial charge in [0.2, 0.25) is 0 Å². The van der Waals surface area contributed by atoms with Crippen molar-refractivity contribution in [1.82, 2.24) is 0 Å². The van der Waals surface area contributed by atoms with Gasteiger partial charge in [0, 0.05) is 19.6 Å². The highest BCUT2D eigenvalue weighted by molar-refractivity contribution is 5.26. The fraction of sp³-hybridized carbons (Fsp3) is 0.538. The van der Waals surface area contributed by atoms with Gasteiger partial charge in [-0.05, 0) is 32.0 Å². The highest BCUT2D eigenvalue weighted by Gasteiger charge is 1.93. The quantitative estimate of drug-likeness (QED) is 0.687. The lowest BCUT2D eigenvalue weighted by molar-refractivity contribution is 0.118. The molecule has 3 heteroatoms. The Bertz CT molecular complexity index is 272. The third-order valence-electron chi connectivity index (χ3n) is 2.22. The van der Waals surface area contributed by atoms with Gasteiger partial charge in [-0.1, -0.05) is 17.7 Å². The van der Waals surface area contributed by atoms with Crippen molar-refractivity contribution in [2.45, 2.75) is 19.8 Å². The average Bonchev–Trinajstić information content (AvgIpc) is 2.30. The molecule has 0 amide bonds. The van der Waals surface area contributed by atoms with Gasteiger partial charge in [-0.25, -0.2) is 0 Å². The molecule has 0 heterocycles. The maximum absolute atomic E-state index is 5.56. The van der Waals surface area contributed by atoms with Crippen molar-refractivity contribution in [1.29, 1.82) is 0 Å². The molecule has 0 aromatic heterocycles. The topological polar surface area (TPSA) is 44.5 Å². The predicted molar refractivity (Wildman–Crippen MR) is 65.8 cm³/mol. The lowest BCUT2D eigenvalue weighted by Crippen LogP contribution is -2.07. The van der Waals surface area contributed by atoms with E-state index < -0.39 is 0 Å². The van der Waals surface area contributed by atoms with Crippen LogP contribution in [0.5, 0.6) is 5.75 Å². The molecular formula is C13H21NO2. The Kier molecular flexibility index (Phi) is 6.61. The van der Waals surface area contributed by atoms with Gasteiger partial charge in [0.1, 0.15) is 5.75 Å². The second-order valence-corrected chi connectivity index (χ2v) is 3.77. The van der Waals surface area contributed by atoms with E-state index >= 15 is 0 Å². The van der Waals surface area contributed by atoms with Crippen LogP contribution >= 0.6 is 0 Å². The number of nitrogens with two attached hydrogens (primary N) is 1. The van der Waals surface area contributed by atoms with Gasteiger partial charge in [-0.3, -0.25) is 0 Å². The number of hydrogen-bond acceptors (Lipinski definition) is 3. The molecule has 16 heavy (non-hydrogen) atoms. The van der Waals surface area contributed by atoms with Gasteiger partial charge in [-0.15, -0.1) is 0 Å². The van der Waals surface area contributed by atoms with Gasteiger partial charge < -0.3 is 15.2 Å². The molecule has 0 unspecified atom stereocenters. The van der Waals surface area contributed by atoms with Gasteiger partial charge >= 0.3 is 0 Å². The van der Waals surface area contributed by atoms with Gasteiger partial charge in [0.25, 0.3) is 0 Å². The Hall–Kier alpha value is -1.06. The zero-order valence-electron chi connectivity index (χ0n) is 9.95. The summed E-state index contributed by atoms with van der Waals surface area (Å²) in [5, 5.41) is 0. The van der Waals surface area contributed by atoms with Crippen molar-refractivity contribution in [2.24, 2.45) is 5.73 Å². The maximum Gasteiger partial charge on any atom is 0.119 e. The van der Waals surface area contributed by atoms with Crippen molar-refractivity contribution in [3.05, 3.63) is 29.8 Å².